The summed E-state index contributed by atoms with van der Waals surface area (Å²) >= 11 is 5.23. The summed E-state index contributed by atoms with van der Waals surface area (Å²) in [5, 5.41) is 3.01. The fraction of sp³-hybridized carbons (Fsp3) is 0.562. The van der Waals surface area contributed by atoms with Crippen LogP contribution in [0.5, 0.6) is 0 Å². The summed E-state index contributed by atoms with van der Waals surface area (Å²) in [5.74, 6) is 1.40. The summed E-state index contributed by atoms with van der Waals surface area (Å²) in [6, 6.07) is 7.98. The fourth-order valence-corrected chi connectivity index (χ4v) is 3.54. The molecule has 0 bridgehead atoms. The minimum absolute atomic E-state index is 0. The molecular formula is C16H25BrClN3OS. The van der Waals surface area contributed by atoms with Gasteiger partial charge in [0.2, 0.25) is 5.91 Å². The highest BCUT2D eigenvalue weighted by Gasteiger charge is 2.24. The van der Waals surface area contributed by atoms with Crippen LogP contribution in [0.1, 0.15) is 12.8 Å². The molecule has 1 aromatic carbocycles. The second-order valence-corrected chi connectivity index (χ2v) is 7.61. The Balaban J connectivity index is 0.00000264. The van der Waals surface area contributed by atoms with Crippen LogP contribution >= 0.6 is 40.1 Å². The summed E-state index contributed by atoms with van der Waals surface area (Å²) in [4.78, 5) is 14.3. The number of nitrogens with zero attached hydrogens (tertiary/aromatic N) is 1. The highest BCUT2D eigenvalue weighted by atomic mass is 79.9. The van der Waals surface area contributed by atoms with Crippen molar-refractivity contribution < 1.29 is 4.79 Å². The number of anilines is 1. The van der Waals surface area contributed by atoms with Crippen LogP contribution in [0.2, 0.25) is 0 Å². The summed E-state index contributed by atoms with van der Waals surface area (Å²) < 4.78 is 1.10. The third-order valence-corrected chi connectivity index (χ3v) is 5.13. The molecule has 1 heterocycles. The van der Waals surface area contributed by atoms with Gasteiger partial charge in [-0.3, -0.25) is 4.79 Å². The maximum atomic E-state index is 11.9. The molecule has 3 N–H and O–H groups in total. The number of hydrogen-bond acceptors (Lipinski definition) is 4. The third-order valence-electron chi connectivity index (χ3n) is 3.99. The lowest BCUT2D eigenvalue weighted by Crippen LogP contribution is -2.43. The van der Waals surface area contributed by atoms with Gasteiger partial charge in [0.1, 0.15) is 0 Å². The van der Waals surface area contributed by atoms with Crippen molar-refractivity contribution >= 4 is 51.7 Å². The van der Waals surface area contributed by atoms with Gasteiger partial charge in [-0.05, 0) is 49.0 Å². The molecule has 4 nitrogen and oxygen atoms in total. The van der Waals surface area contributed by atoms with Crippen LogP contribution in [0.25, 0.3) is 0 Å². The van der Waals surface area contributed by atoms with Crippen molar-refractivity contribution in [2.75, 3.05) is 36.5 Å². The Bertz CT molecular complexity index is 506. The van der Waals surface area contributed by atoms with Gasteiger partial charge in [0.05, 0.1) is 6.04 Å². The lowest BCUT2D eigenvalue weighted by Gasteiger charge is -2.19. The third kappa shape index (κ3) is 6.53. The van der Waals surface area contributed by atoms with Gasteiger partial charge in [-0.1, -0.05) is 22.0 Å². The molecule has 2 atom stereocenters. The molecule has 1 aliphatic heterocycles. The van der Waals surface area contributed by atoms with E-state index in [-0.39, 0.29) is 24.4 Å². The molecule has 0 aromatic heterocycles. The number of rotatable bonds is 7. The van der Waals surface area contributed by atoms with Crippen LogP contribution in [0.4, 0.5) is 5.69 Å². The van der Waals surface area contributed by atoms with Gasteiger partial charge < -0.3 is 16.0 Å². The van der Waals surface area contributed by atoms with Crippen LogP contribution in [0, 0.1) is 5.92 Å². The second-order valence-electron chi connectivity index (χ2n) is 5.71. The first-order valence-electron chi connectivity index (χ1n) is 7.63. The molecule has 23 heavy (non-hydrogen) atoms. The van der Waals surface area contributed by atoms with E-state index in [0.29, 0.717) is 5.92 Å². The van der Waals surface area contributed by atoms with E-state index in [4.69, 9.17) is 5.73 Å². The monoisotopic (exact) mass is 421 g/mol. The topological polar surface area (TPSA) is 58.4 Å². The molecule has 0 aliphatic carbocycles. The predicted octanol–water partition coefficient (Wildman–Crippen LogP) is 2.89. The summed E-state index contributed by atoms with van der Waals surface area (Å²) in [7, 11) is 0. The maximum absolute atomic E-state index is 11.9. The number of carbonyl (C=O) groups is 1. The number of nitrogens with two attached hydrogens (primary N) is 1. The summed E-state index contributed by atoms with van der Waals surface area (Å²) in [6.07, 6.45) is 3.87. The highest BCUT2D eigenvalue weighted by Crippen LogP contribution is 2.25. The molecule has 1 amide bonds. The van der Waals surface area contributed by atoms with Crippen molar-refractivity contribution in [1.29, 1.82) is 0 Å². The molecule has 0 saturated carbocycles. The Kier molecular flexibility index (Phi) is 9.36. The Morgan fingerprint density at radius 2 is 2.35 bits per heavy atom. The van der Waals surface area contributed by atoms with Crippen molar-refractivity contribution in [3.63, 3.8) is 0 Å². The van der Waals surface area contributed by atoms with Crippen molar-refractivity contribution in [1.82, 2.24) is 5.32 Å². The van der Waals surface area contributed by atoms with E-state index in [1.165, 1.54) is 5.69 Å². The van der Waals surface area contributed by atoms with E-state index in [0.717, 1.165) is 42.7 Å². The molecule has 1 aliphatic rings. The van der Waals surface area contributed by atoms with E-state index in [1.54, 1.807) is 11.8 Å². The lowest BCUT2D eigenvalue weighted by molar-refractivity contribution is -0.122. The Morgan fingerprint density at radius 1 is 1.57 bits per heavy atom. The SMILES string of the molecule is CSCC[C@H](N)C(=O)NCC1CCN(c2cccc(Br)c2)C1.Cl. The Morgan fingerprint density at radius 3 is 3.04 bits per heavy atom. The van der Waals surface area contributed by atoms with Gasteiger partial charge in [0.25, 0.3) is 0 Å². The summed E-state index contributed by atoms with van der Waals surface area (Å²) in [6.45, 7) is 2.74. The van der Waals surface area contributed by atoms with Crippen molar-refractivity contribution in [2.24, 2.45) is 11.7 Å². The Labute approximate surface area is 157 Å². The van der Waals surface area contributed by atoms with Crippen molar-refractivity contribution in [2.45, 2.75) is 18.9 Å². The molecular weight excluding hydrogens is 398 g/mol. The smallest absolute Gasteiger partial charge is 0.236 e. The van der Waals surface area contributed by atoms with Gasteiger partial charge in [-0.25, -0.2) is 0 Å². The number of benzene rings is 1. The molecule has 7 heteroatoms. The molecule has 1 saturated heterocycles. The second kappa shape index (κ2) is 10.4. The number of nitrogens with one attached hydrogen (secondary N) is 1. The molecule has 1 aromatic rings. The zero-order valence-corrected chi connectivity index (χ0v) is 16.6. The zero-order chi connectivity index (χ0) is 15.9. The fourth-order valence-electron chi connectivity index (χ4n) is 2.66. The van der Waals surface area contributed by atoms with Crippen molar-refractivity contribution in [3.8, 4) is 0 Å². The minimum Gasteiger partial charge on any atom is -0.371 e. The first-order valence-corrected chi connectivity index (χ1v) is 9.81. The molecule has 1 fully saturated rings. The number of halogens is 2. The quantitative estimate of drug-likeness (QED) is 0.709. The van der Waals surface area contributed by atoms with Crippen LogP contribution < -0.4 is 16.0 Å². The first kappa shape index (κ1) is 20.6. The normalized spacial score (nSPS) is 18.4. The number of hydrogen-bond donors (Lipinski definition) is 2. The van der Waals surface area contributed by atoms with Crippen LogP contribution in [0.15, 0.2) is 28.7 Å². The molecule has 1 unspecified atom stereocenters. The summed E-state index contributed by atoms with van der Waals surface area (Å²) in [5.41, 5.74) is 7.12. The van der Waals surface area contributed by atoms with Crippen LogP contribution in [0.3, 0.4) is 0 Å². The highest BCUT2D eigenvalue weighted by molar-refractivity contribution is 9.10. The molecule has 0 radical (unpaired) electrons. The van der Waals surface area contributed by atoms with Gasteiger partial charge in [-0.2, -0.15) is 11.8 Å². The van der Waals surface area contributed by atoms with E-state index in [9.17, 15) is 4.79 Å². The van der Waals surface area contributed by atoms with Crippen LogP contribution in [-0.2, 0) is 4.79 Å². The van der Waals surface area contributed by atoms with E-state index < -0.39 is 0 Å². The van der Waals surface area contributed by atoms with Gasteiger partial charge in [0, 0.05) is 29.8 Å². The van der Waals surface area contributed by atoms with E-state index >= 15 is 0 Å². The van der Waals surface area contributed by atoms with Gasteiger partial charge >= 0.3 is 0 Å². The number of amides is 1. The molecule has 130 valence electrons. The van der Waals surface area contributed by atoms with Crippen LogP contribution in [-0.4, -0.2) is 43.6 Å². The lowest BCUT2D eigenvalue weighted by atomic mass is 10.1. The van der Waals surface area contributed by atoms with E-state index in [2.05, 4.69) is 44.3 Å². The standard InChI is InChI=1S/C16H24BrN3OS.ClH/c1-22-8-6-15(18)16(21)19-10-12-5-7-20(11-12)14-4-2-3-13(17)9-14;/h2-4,9,12,15H,5-8,10-11,18H2,1H3,(H,19,21);1H/t12?,15-;/m0./s1. The largest absolute Gasteiger partial charge is 0.371 e. The van der Waals surface area contributed by atoms with Crippen molar-refractivity contribution in [3.05, 3.63) is 28.7 Å². The minimum atomic E-state index is -0.380. The number of thioether (sulfide) groups is 1. The molecule has 0 spiro atoms. The van der Waals surface area contributed by atoms with Gasteiger partial charge in [0.15, 0.2) is 0 Å². The average molecular weight is 423 g/mol. The Hall–Kier alpha value is -0.430. The average Bonchev–Trinajstić information content (AvgIpc) is 2.99. The number of carbonyl (C=O) groups excluding carboxylic acids is 1. The zero-order valence-electron chi connectivity index (χ0n) is 13.3. The first-order chi connectivity index (χ1) is 10.6. The predicted molar refractivity (Wildman–Crippen MR) is 106 cm³/mol. The maximum Gasteiger partial charge on any atom is 0.236 e. The van der Waals surface area contributed by atoms with E-state index in [1.807, 2.05) is 12.3 Å². The molecule has 2 rings (SSSR count). The van der Waals surface area contributed by atoms with Gasteiger partial charge in [-0.15, -0.1) is 12.4 Å².